The van der Waals surface area contributed by atoms with Crippen molar-refractivity contribution in [2.75, 3.05) is 18.0 Å². The fraction of sp³-hybridized carbons (Fsp3) is 0.417. The highest BCUT2D eigenvalue weighted by atomic mass is 79.9. The van der Waals surface area contributed by atoms with Crippen molar-refractivity contribution in [1.29, 1.82) is 5.26 Å². The second-order valence-electron chi connectivity index (χ2n) is 4.11. The summed E-state index contributed by atoms with van der Waals surface area (Å²) in [7, 11) is 0. The lowest BCUT2D eigenvalue weighted by molar-refractivity contribution is 0.659. The van der Waals surface area contributed by atoms with Crippen molar-refractivity contribution in [1.82, 2.24) is 0 Å². The second-order valence-corrected chi connectivity index (χ2v) is 5.03. The van der Waals surface area contributed by atoms with E-state index in [-0.39, 0.29) is 0 Å². The zero-order valence-corrected chi connectivity index (χ0v) is 10.3. The molecule has 0 bridgehead atoms. The first-order valence-electron chi connectivity index (χ1n) is 5.15. The zero-order chi connectivity index (χ0) is 10.8. The van der Waals surface area contributed by atoms with Crippen molar-refractivity contribution >= 4 is 21.6 Å². The van der Waals surface area contributed by atoms with E-state index in [9.17, 15) is 0 Å². The van der Waals surface area contributed by atoms with Crippen LogP contribution in [0.15, 0.2) is 22.7 Å². The van der Waals surface area contributed by atoms with Gasteiger partial charge in [0.05, 0.1) is 11.3 Å². The van der Waals surface area contributed by atoms with E-state index in [1.54, 1.807) is 0 Å². The van der Waals surface area contributed by atoms with Crippen LogP contribution in [0, 0.1) is 17.2 Å². The van der Waals surface area contributed by atoms with Gasteiger partial charge in [-0.2, -0.15) is 5.26 Å². The Hall–Kier alpha value is -1.01. The van der Waals surface area contributed by atoms with E-state index in [4.69, 9.17) is 5.26 Å². The maximum atomic E-state index is 9.07. The van der Waals surface area contributed by atoms with E-state index in [2.05, 4.69) is 33.8 Å². The summed E-state index contributed by atoms with van der Waals surface area (Å²) in [5, 5.41) is 9.07. The maximum Gasteiger partial charge on any atom is 0.101 e. The molecule has 1 atom stereocenters. The predicted molar refractivity (Wildman–Crippen MR) is 64.9 cm³/mol. The van der Waals surface area contributed by atoms with Crippen LogP contribution in [0.1, 0.15) is 18.9 Å². The summed E-state index contributed by atoms with van der Waals surface area (Å²) in [4.78, 5) is 2.30. The van der Waals surface area contributed by atoms with Gasteiger partial charge in [-0.25, -0.2) is 0 Å². The Morgan fingerprint density at radius 2 is 2.33 bits per heavy atom. The molecule has 1 aliphatic heterocycles. The maximum absolute atomic E-state index is 9.07. The largest absolute Gasteiger partial charge is 0.370 e. The topological polar surface area (TPSA) is 27.0 Å². The summed E-state index contributed by atoms with van der Waals surface area (Å²) in [6, 6.07) is 8.17. The van der Waals surface area contributed by atoms with E-state index in [1.165, 1.54) is 6.42 Å². The second kappa shape index (κ2) is 4.24. The lowest BCUT2D eigenvalue weighted by Crippen LogP contribution is -2.20. The third-order valence-electron chi connectivity index (χ3n) is 2.84. The summed E-state index contributed by atoms with van der Waals surface area (Å²) in [5.41, 5.74) is 1.84. The molecule has 0 amide bonds. The summed E-state index contributed by atoms with van der Waals surface area (Å²) >= 11 is 3.39. The van der Waals surface area contributed by atoms with Crippen molar-refractivity contribution in [2.45, 2.75) is 13.3 Å². The Labute approximate surface area is 98.6 Å². The smallest absolute Gasteiger partial charge is 0.101 e. The first kappa shape index (κ1) is 10.5. The normalized spacial score (nSPS) is 20.3. The SMILES string of the molecule is CC1CCN(c2ccc(Br)cc2C#N)C1. The standard InChI is InChI=1S/C12H13BrN2/c1-9-4-5-15(8-9)12-3-2-11(13)6-10(12)7-14/h2-3,6,9H,4-5,8H2,1H3. The predicted octanol–water partition coefficient (Wildman–Crippen LogP) is 3.17. The number of nitrogens with zero attached hydrogens (tertiary/aromatic N) is 2. The fourth-order valence-electron chi connectivity index (χ4n) is 2.03. The fourth-order valence-corrected chi connectivity index (χ4v) is 2.39. The number of nitriles is 1. The van der Waals surface area contributed by atoms with Gasteiger partial charge in [0.15, 0.2) is 0 Å². The number of rotatable bonds is 1. The molecule has 3 heteroatoms. The van der Waals surface area contributed by atoms with Crippen LogP contribution in [0.25, 0.3) is 0 Å². The molecule has 1 fully saturated rings. The van der Waals surface area contributed by atoms with E-state index in [0.29, 0.717) is 0 Å². The molecule has 0 aromatic heterocycles. The lowest BCUT2D eigenvalue weighted by atomic mass is 10.1. The molecule has 1 aromatic carbocycles. The Kier molecular flexibility index (Phi) is 2.97. The van der Waals surface area contributed by atoms with Crippen molar-refractivity contribution in [3.05, 3.63) is 28.2 Å². The molecule has 2 rings (SSSR count). The molecule has 0 saturated carbocycles. The first-order chi connectivity index (χ1) is 7.20. The van der Waals surface area contributed by atoms with Crippen LogP contribution in [-0.4, -0.2) is 13.1 Å². The van der Waals surface area contributed by atoms with Gasteiger partial charge in [-0.15, -0.1) is 0 Å². The third kappa shape index (κ3) is 2.15. The van der Waals surface area contributed by atoms with E-state index < -0.39 is 0 Å². The molecule has 0 aliphatic carbocycles. The van der Waals surface area contributed by atoms with Gasteiger partial charge in [0.2, 0.25) is 0 Å². The van der Waals surface area contributed by atoms with Crippen LogP contribution in [0.3, 0.4) is 0 Å². The molecule has 2 nitrogen and oxygen atoms in total. The monoisotopic (exact) mass is 264 g/mol. The Morgan fingerprint density at radius 3 is 2.93 bits per heavy atom. The van der Waals surface area contributed by atoms with Gasteiger partial charge in [-0.3, -0.25) is 0 Å². The third-order valence-corrected chi connectivity index (χ3v) is 3.34. The molecule has 0 spiro atoms. The molecule has 1 saturated heterocycles. The molecular formula is C12H13BrN2. The highest BCUT2D eigenvalue weighted by Crippen LogP contribution is 2.28. The van der Waals surface area contributed by atoms with Gasteiger partial charge < -0.3 is 4.90 Å². The minimum atomic E-state index is 0.736. The molecular weight excluding hydrogens is 252 g/mol. The van der Waals surface area contributed by atoms with Crippen LogP contribution in [-0.2, 0) is 0 Å². The first-order valence-corrected chi connectivity index (χ1v) is 5.94. The quantitative estimate of drug-likeness (QED) is 0.779. The number of hydrogen-bond donors (Lipinski definition) is 0. The molecule has 1 aromatic rings. The number of halogens is 1. The van der Waals surface area contributed by atoms with Crippen LogP contribution >= 0.6 is 15.9 Å². The molecule has 0 radical (unpaired) electrons. The highest BCUT2D eigenvalue weighted by Gasteiger charge is 2.20. The summed E-state index contributed by atoms with van der Waals surface area (Å²) < 4.78 is 0.968. The Balaban J connectivity index is 2.32. The van der Waals surface area contributed by atoms with E-state index in [1.807, 2.05) is 18.2 Å². The van der Waals surface area contributed by atoms with Crippen LogP contribution in [0.2, 0.25) is 0 Å². The average molecular weight is 265 g/mol. The van der Waals surface area contributed by atoms with E-state index >= 15 is 0 Å². The lowest BCUT2D eigenvalue weighted by Gasteiger charge is -2.19. The zero-order valence-electron chi connectivity index (χ0n) is 8.70. The van der Waals surface area contributed by atoms with Gasteiger partial charge in [-0.1, -0.05) is 22.9 Å². The highest BCUT2D eigenvalue weighted by molar-refractivity contribution is 9.10. The molecule has 0 N–H and O–H groups in total. The van der Waals surface area contributed by atoms with Gasteiger partial charge in [0, 0.05) is 17.6 Å². The molecule has 1 aliphatic rings. The molecule has 15 heavy (non-hydrogen) atoms. The van der Waals surface area contributed by atoms with Gasteiger partial charge in [0.1, 0.15) is 6.07 Å². The number of anilines is 1. The van der Waals surface area contributed by atoms with Crippen LogP contribution in [0.5, 0.6) is 0 Å². The van der Waals surface area contributed by atoms with Crippen molar-refractivity contribution in [3.8, 4) is 6.07 Å². The Bertz CT molecular complexity index is 409. The van der Waals surface area contributed by atoms with Crippen molar-refractivity contribution in [3.63, 3.8) is 0 Å². The molecule has 78 valence electrons. The average Bonchev–Trinajstić information content (AvgIpc) is 2.64. The minimum absolute atomic E-state index is 0.736. The summed E-state index contributed by atoms with van der Waals surface area (Å²) in [5.74, 6) is 0.736. The molecule has 1 heterocycles. The van der Waals surface area contributed by atoms with Gasteiger partial charge >= 0.3 is 0 Å². The van der Waals surface area contributed by atoms with Crippen LogP contribution < -0.4 is 4.90 Å². The van der Waals surface area contributed by atoms with E-state index in [0.717, 1.165) is 34.7 Å². The Morgan fingerprint density at radius 1 is 1.53 bits per heavy atom. The molecule has 1 unspecified atom stereocenters. The van der Waals surface area contributed by atoms with Gasteiger partial charge in [0.25, 0.3) is 0 Å². The van der Waals surface area contributed by atoms with Gasteiger partial charge in [-0.05, 0) is 30.5 Å². The number of benzene rings is 1. The summed E-state index contributed by atoms with van der Waals surface area (Å²) in [6.07, 6.45) is 1.22. The minimum Gasteiger partial charge on any atom is -0.370 e. The van der Waals surface area contributed by atoms with Crippen LogP contribution in [0.4, 0.5) is 5.69 Å². The van der Waals surface area contributed by atoms with Crippen molar-refractivity contribution in [2.24, 2.45) is 5.92 Å². The van der Waals surface area contributed by atoms with Crippen molar-refractivity contribution < 1.29 is 0 Å². The number of hydrogen-bond acceptors (Lipinski definition) is 2. The summed E-state index contributed by atoms with van der Waals surface area (Å²) in [6.45, 7) is 4.39.